The van der Waals surface area contributed by atoms with Crippen LogP contribution in [0, 0.1) is 5.92 Å². The molecule has 1 saturated heterocycles. The Morgan fingerprint density at radius 3 is 2.72 bits per heavy atom. The van der Waals surface area contributed by atoms with Crippen molar-refractivity contribution < 1.29 is 9.47 Å². The van der Waals surface area contributed by atoms with Gasteiger partial charge in [-0.2, -0.15) is 0 Å². The van der Waals surface area contributed by atoms with Crippen LogP contribution in [-0.4, -0.2) is 38.9 Å². The van der Waals surface area contributed by atoms with Crippen LogP contribution in [0.1, 0.15) is 51.0 Å². The van der Waals surface area contributed by atoms with Crippen LogP contribution >= 0.6 is 0 Å². The third-order valence-corrected chi connectivity index (χ3v) is 4.79. The Hall–Kier alpha value is -1.59. The molecule has 1 atom stereocenters. The fourth-order valence-electron chi connectivity index (χ4n) is 2.85. The van der Waals surface area contributed by atoms with Gasteiger partial charge in [-0.25, -0.2) is 0 Å². The van der Waals surface area contributed by atoms with Crippen LogP contribution in [-0.2, 0) is 9.47 Å². The van der Waals surface area contributed by atoms with Gasteiger partial charge in [0.15, 0.2) is 5.96 Å². The number of rotatable bonds is 9. The van der Waals surface area contributed by atoms with E-state index in [1.807, 2.05) is 0 Å². The molecule has 1 heterocycles. The lowest BCUT2D eigenvalue weighted by Crippen LogP contribution is -2.23. The van der Waals surface area contributed by atoms with Crippen molar-refractivity contribution in [3.05, 3.63) is 29.8 Å². The predicted octanol–water partition coefficient (Wildman–Crippen LogP) is 3.76. The third kappa shape index (κ3) is 7.45. The Kier molecular flexibility index (Phi) is 8.77. The normalized spacial score (nSPS) is 17.4. The van der Waals surface area contributed by atoms with Crippen molar-refractivity contribution in [2.75, 3.05) is 38.3 Å². The van der Waals surface area contributed by atoms with E-state index in [-0.39, 0.29) is 0 Å². The maximum absolute atomic E-state index is 5.95. The fraction of sp³-hybridized carbons (Fsp3) is 0.650. The number of nitrogens with one attached hydrogen (secondary N) is 1. The highest BCUT2D eigenvalue weighted by molar-refractivity contribution is 5.92. The minimum atomic E-state index is 0.459. The van der Waals surface area contributed by atoms with Crippen molar-refractivity contribution in [1.82, 2.24) is 0 Å². The molecule has 1 aromatic carbocycles. The molecule has 0 spiro atoms. The number of nitrogens with zero attached hydrogens (tertiary/aromatic N) is 1. The van der Waals surface area contributed by atoms with Gasteiger partial charge in [0.2, 0.25) is 0 Å². The maximum Gasteiger partial charge on any atom is 0.193 e. The molecule has 1 unspecified atom stereocenters. The zero-order valence-electron chi connectivity index (χ0n) is 15.7. The third-order valence-electron chi connectivity index (χ3n) is 4.79. The van der Waals surface area contributed by atoms with Gasteiger partial charge in [0.1, 0.15) is 0 Å². The summed E-state index contributed by atoms with van der Waals surface area (Å²) >= 11 is 0. The summed E-state index contributed by atoms with van der Waals surface area (Å²) in [5, 5.41) is 3.14. The summed E-state index contributed by atoms with van der Waals surface area (Å²) in [6, 6.07) is 8.41. The first-order valence-corrected chi connectivity index (χ1v) is 9.51. The number of benzene rings is 1. The molecule has 5 nitrogen and oxygen atoms in total. The maximum atomic E-state index is 5.95. The van der Waals surface area contributed by atoms with Crippen LogP contribution in [0.25, 0.3) is 0 Å². The lowest BCUT2D eigenvalue weighted by atomic mass is 9.99. The summed E-state index contributed by atoms with van der Waals surface area (Å²) in [7, 11) is 0. The lowest BCUT2D eigenvalue weighted by Gasteiger charge is -2.21. The van der Waals surface area contributed by atoms with Crippen molar-refractivity contribution in [3.8, 4) is 0 Å². The van der Waals surface area contributed by atoms with Gasteiger partial charge in [-0.15, -0.1) is 0 Å². The van der Waals surface area contributed by atoms with Crippen LogP contribution < -0.4 is 11.1 Å². The fourth-order valence-corrected chi connectivity index (χ4v) is 2.85. The van der Waals surface area contributed by atoms with Gasteiger partial charge in [0.25, 0.3) is 0 Å². The summed E-state index contributed by atoms with van der Waals surface area (Å²) in [4.78, 5) is 4.36. The van der Waals surface area contributed by atoms with Crippen LogP contribution in [0.15, 0.2) is 29.3 Å². The molecule has 0 aromatic heterocycles. The largest absolute Gasteiger partial charge is 0.381 e. The van der Waals surface area contributed by atoms with Gasteiger partial charge < -0.3 is 20.5 Å². The number of guanidine groups is 1. The zero-order chi connectivity index (χ0) is 17.9. The molecule has 25 heavy (non-hydrogen) atoms. The molecular weight excluding hydrogens is 314 g/mol. The lowest BCUT2D eigenvalue weighted by molar-refractivity contribution is 0.0205. The molecule has 1 aliphatic rings. The topological polar surface area (TPSA) is 68.9 Å². The molecule has 0 bridgehead atoms. The summed E-state index contributed by atoms with van der Waals surface area (Å²) in [5.41, 5.74) is 8.27. The average Bonchev–Trinajstić information content (AvgIpc) is 2.65. The summed E-state index contributed by atoms with van der Waals surface area (Å²) in [6.07, 6.45) is 4.27. The molecule has 3 N–H and O–H groups in total. The number of nitrogens with two attached hydrogens (primary N) is 1. The first kappa shape index (κ1) is 19.7. The van der Waals surface area contributed by atoms with E-state index in [0.29, 0.717) is 24.3 Å². The minimum Gasteiger partial charge on any atom is -0.381 e. The quantitative estimate of drug-likeness (QED) is 0.405. The highest BCUT2D eigenvalue weighted by Gasteiger charge is 2.13. The van der Waals surface area contributed by atoms with Crippen LogP contribution in [0.3, 0.4) is 0 Å². The van der Waals surface area contributed by atoms with Crippen LogP contribution in [0.5, 0.6) is 0 Å². The van der Waals surface area contributed by atoms with E-state index < -0.39 is 0 Å². The monoisotopic (exact) mass is 347 g/mol. The molecular formula is C20H33N3O2. The van der Waals surface area contributed by atoms with Crippen molar-refractivity contribution in [2.45, 2.75) is 45.4 Å². The van der Waals surface area contributed by atoms with Crippen molar-refractivity contribution in [3.63, 3.8) is 0 Å². The van der Waals surface area contributed by atoms with E-state index in [1.54, 1.807) is 0 Å². The first-order valence-electron chi connectivity index (χ1n) is 9.51. The molecule has 0 radical (unpaired) electrons. The highest BCUT2D eigenvalue weighted by atomic mass is 16.5. The summed E-state index contributed by atoms with van der Waals surface area (Å²) in [6.45, 7) is 8.44. The standard InChI is InChI=1S/C20H33N3O2/c1-3-16(2)18-5-7-19(8-6-18)23-20(21)22-11-4-12-25-15-17-9-13-24-14-10-17/h5-8,16-17H,3-4,9-15H2,1-2H3,(H3,21,22,23). The molecule has 0 amide bonds. The van der Waals surface area contributed by atoms with E-state index in [1.165, 1.54) is 5.56 Å². The van der Waals surface area contributed by atoms with E-state index in [9.17, 15) is 0 Å². The highest BCUT2D eigenvalue weighted by Crippen LogP contribution is 2.20. The number of hydrogen-bond acceptors (Lipinski definition) is 3. The first-order chi connectivity index (χ1) is 12.2. The predicted molar refractivity (Wildman–Crippen MR) is 104 cm³/mol. The Labute approximate surface area is 152 Å². The van der Waals surface area contributed by atoms with E-state index >= 15 is 0 Å². The SMILES string of the molecule is CCC(C)c1ccc(NC(N)=NCCCOCC2CCOCC2)cc1. The van der Waals surface area contributed by atoms with Crippen LogP contribution in [0.4, 0.5) is 5.69 Å². The van der Waals surface area contributed by atoms with E-state index in [0.717, 1.165) is 57.8 Å². The Morgan fingerprint density at radius 2 is 2.04 bits per heavy atom. The minimum absolute atomic E-state index is 0.459. The van der Waals surface area contributed by atoms with Gasteiger partial charge in [0.05, 0.1) is 0 Å². The van der Waals surface area contributed by atoms with Gasteiger partial charge >= 0.3 is 0 Å². The molecule has 140 valence electrons. The van der Waals surface area contributed by atoms with Crippen molar-refractivity contribution in [1.29, 1.82) is 0 Å². The molecule has 0 aliphatic carbocycles. The number of anilines is 1. The molecule has 1 aliphatic heterocycles. The smallest absolute Gasteiger partial charge is 0.193 e. The van der Waals surface area contributed by atoms with Crippen LogP contribution in [0.2, 0.25) is 0 Å². The number of ether oxygens (including phenoxy) is 2. The van der Waals surface area contributed by atoms with Crippen molar-refractivity contribution in [2.24, 2.45) is 16.6 Å². The molecule has 5 heteroatoms. The number of hydrogen-bond donors (Lipinski definition) is 2. The second-order valence-electron chi connectivity index (χ2n) is 6.81. The van der Waals surface area contributed by atoms with Gasteiger partial charge in [-0.05, 0) is 55.2 Å². The zero-order valence-corrected chi connectivity index (χ0v) is 15.7. The van der Waals surface area contributed by atoms with Gasteiger partial charge in [0, 0.05) is 38.7 Å². The molecule has 1 aromatic rings. The Morgan fingerprint density at radius 1 is 1.32 bits per heavy atom. The summed E-state index contributed by atoms with van der Waals surface area (Å²) in [5.74, 6) is 1.70. The molecule has 0 saturated carbocycles. The number of aliphatic imine (C=N–C) groups is 1. The van der Waals surface area contributed by atoms with Crippen molar-refractivity contribution >= 4 is 11.6 Å². The summed E-state index contributed by atoms with van der Waals surface area (Å²) < 4.78 is 11.1. The second kappa shape index (κ2) is 11.1. The Bertz CT molecular complexity index is 510. The van der Waals surface area contributed by atoms with E-state index in [2.05, 4.69) is 48.4 Å². The van der Waals surface area contributed by atoms with Gasteiger partial charge in [-0.3, -0.25) is 4.99 Å². The van der Waals surface area contributed by atoms with Gasteiger partial charge in [-0.1, -0.05) is 26.0 Å². The second-order valence-corrected chi connectivity index (χ2v) is 6.81. The molecule has 2 rings (SSSR count). The Balaban J connectivity index is 1.60. The average molecular weight is 348 g/mol. The van der Waals surface area contributed by atoms with E-state index in [4.69, 9.17) is 15.2 Å². The molecule has 1 fully saturated rings.